The molecule has 0 saturated carbocycles. The summed E-state index contributed by atoms with van der Waals surface area (Å²) in [5.74, 6) is 0. The van der Waals surface area contributed by atoms with E-state index in [1.807, 2.05) is 24.6 Å². The minimum absolute atomic E-state index is 1.75. The molecule has 0 aromatic carbocycles. The van der Waals surface area contributed by atoms with Gasteiger partial charge in [0.1, 0.15) is 6.72 Å². The number of rotatable bonds is 0. The molecule has 0 aromatic rings. The Hall–Kier alpha value is -0.850. The number of allylic oxidation sites excluding steroid dienone is 2. The Labute approximate surface area is 36.9 Å². The van der Waals surface area contributed by atoms with Crippen molar-refractivity contribution in [3.05, 3.63) is 24.6 Å². The van der Waals surface area contributed by atoms with Crippen molar-refractivity contribution in [3.63, 3.8) is 0 Å². The van der Waals surface area contributed by atoms with Crippen LogP contribution in [0.1, 0.15) is 0 Å². The topological polar surface area (TPSA) is 3.01 Å². The number of hydrogen-bond donors (Lipinski definition) is 0. The van der Waals surface area contributed by atoms with Gasteiger partial charge in [0.05, 0.1) is 0 Å². The van der Waals surface area contributed by atoms with Gasteiger partial charge in [-0.25, -0.2) is 0 Å². The highest BCUT2D eigenvalue weighted by molar-refractivity contribution is 5.19. The van der Waals surface area contributed by atoms with Gasteiger partial charge in [-0.15, -0.1) is 0 Å². The highest BCUT2D eigenvalue weighted by Gasteiger charge is 1.88. The zero-order chi connectivity index (χ0) is 4.41. The molecule has 1 heteroatoms. The van der Waals surface area contributed by atoms with E-state index in [1.165, 1.54) is 0 Å². The Kier molecular flexibility index (Phi) is 0.607. The SMILES string of the molecule is C=[N+]1C=CC=C1. The van der Waals surface area contributed by atoms with E-state index in [2.05, 4.69) is 6.72 Å². The molecular formula is C5H6N+. The van der Waals surface area contributed by atoms with Gasteiger partial charge in [-0.2, -0.15) is 4.58 Å². The van der Waals surface area contributed by atoms with Crippen LogP contribution < -0.4 is 0 Å². The molecule has 0 amide bonds. The summed E-state index contributed by atoms with van der Waals surface area (Å²) in [6.45, 7) is 3.60. The van der Waals surface area contributed by atoms with Crippen LogP contribution in [0.25, 0.3) is 0 Å². The predicted octanol–water partition coefficient (Wildman–Crippen LogP) is 0.740. The summed E-state index contributed by atoms with van der Waals surface area (Å²) in [5, 5.41) is 0. The molecule has 0 N–H and O–H groups in total. The van der Waals surface area contributed by atoms with Crippen LogP contribution in [-0.4, -0.2) is 11.3 Å². The normalized spacial score (nSPS) is 17.0. The first-order chi connectivity index (χ1) is 2.89. The second-order valence-corrected chi connectivity index (χ2v) is 1.20. The highest BCUT2D eigenvalue weighted by atomic mass is 14.9. The Morgan fingerprint density at radius 1 is 1.17 bits per heavy atom. The maximum Gasteiger partial charge on any atom is 0.174 e. The molecule has 1 nitrogen and oxygen atoms in total. The molecule has 0 saturated heterocycles. The van der Waals surface area contributed by atoms with Crippen molar-refractivity contribution in [1.82, 2.24) is 0 Å². The Morgan fingerprint density at radius 2 is 1.67 bits per heavy atom. The lowest BCUT2D eigenvalue weighted by Gasteiger charge is -1.67. The second-order valence-electron chi connectivity index (χ2n) is 1.20. The second kappa shape index (κ2) is 1.09. The van der Waals surface area contributed by atoms with Gasteiger partial charge >= 0.3 is 0 Å². The van der Waals surface area contributed by atoms with E-state index < -0.39 is 0 Å². The molecule has 1 rings (SSSR count). The van der Waals surface area contributed by atoms with Gasteiger partial charge in [0.2, 0.25) is 0 Å². The molecule has 6 heavy (non-hydrogen) atoms. The lowest BCUT2D eigenvalue weighted by Crippen LogP contribution is -1.79. The zero-order valence-corrected chi connectivity index (χ0v) is 3.46. The largest absolute Gasteiger partial charge is 0.181 e. The highest BCUT2D eigenvalue weighted by Crippen LogP contribution is 1.87. The van der Waals surface area contributed by atoms with E-state index in [9.17, 15) is 0 Å². The van der Waals surface area contributed by atoms with Crippen molar-refractivity contribution < 1.29 is 4.58 Å². The molecule has 0 unspecified atom stereocenters. The lowest BCUT2D eigenvalue weighted by molar-refractivity contribution is -0.362. The van der Waals surface area contributed by atoms with Crippen molar-refractivity contribution >= 4 is 6.72 Å². The summed E-state index contributed by atoms with van der Waals surface area (Å²) in [5.41, 5.74) is 0. The number of hydrogen-bond acceptors (Lipinski definition) is 0. The zero-order valence-electron chi connectivity index (χ0n) is 3.46. The lowest BCUT2D eigenvalue weighted by atomic mass is 10.6. The summed E-state index contributed by atoms with van der Waals surface area (Å²) in [4.78, 5) is 0. The van der Waals surface area contributed by atoms with E-state index in [0.29, 0.717) is 0 Å². The summed E-state index contributed by atoms with van der Waals surface area (Å²) in [6, 6.07) is 0. The van der Waals surface area contributed by atoms with Crippen molar-refractivity contribution in [3.8, 4) is 0 Å². The third-order valence-electron chi connectivity index (χ3n) is 0.666. The van der Waals surface area contributed by atoms with E-state index in [0.717, 1.165) is 0 Å². The van der Waals surface area contributed by atoms with Crippen LogP contribution in [-0.2, 0) is 0 Å². The van der Waals surface area contributed by atoms with Gasteiger partial charge in [-0.05, 0) is 0 Å². The number of nitrogens with zero attached hydrogens (tertiary/aromatic N) is 1. The van der Waals surface area contributed by atoms with Crippen LogP contribution in [0.5, 0.6) is 0 Å². The van der Waals surface area contributed by atoms with Gasteiger partial charge in [-0.3, -0.25) is 0 Å². The first-order valence-corrected chi connectivity index (χ1v) is 1.83. The van der Waals surface area contributed by atoms with E-state index in [-0.39, 0.29) is 0 Å². The Bertz CT molecular complexity index is 106. The molecule has 0 radical (unpaired) electrons. The fraction of sp³-hybridized carbons (Fsp3) is 0. The van der Waals surface area contributed by atoms with Crippen molar-refractivity contribution in [1.29, 1.82) is 0 Å². The van der Waals surface area contributed by atoms with Crippen molar-refractivity contribution in [2.45, 2.75) is 0 Å². The third-order valence-corrected chi connectivity index (χ3v) is 0.666. The standard InChI is InChI=1S/C5H6N/c1-6-4-2-3-5-6/h2-5H,1H2/q+1. The monoisotopic (exact) mass is 80.0 g/mol. The smallest absolute Gasteiger partial charge is 0.174 e. The van der Waals surface area contributed by atoms with Crippen LogP contribution in [0.3, 0.4) is 0 Å². The van der Waals surface area contributed by atoms with Crippen LogP contribution in [0, 0.1) is 0 Å². The minimum Gasteiger partial charge on any atom is -0.181 e. The quantitative estimate of drug-likeness (QED) is 0.377. The van der Waals surface area contributed by atoms with E-state index in [1.54, 1.807) is 4.58 Å². The molecule has 1 aliphatic rings. The third kappa shape index (κ3) is 0.385. The van der Waals surface area contributed by atoms with Crippen LogP contribution in [0.4, 0.5) is 0 Å². The molecule has 0 aromatic heterocycles. The maximum atomic E-state index is 3.60. The first kappa shape index (κ1) is 3.34. The van der Waals surface area contributed by atoms with Gasteiger partial charge in [0.25, 0.3) is 0 Å². The fourth-order valence-corrected chi connectivity index (χ4v) is 0.370. The van der Waals surface area contributed by atoms with Crippen LogP contribution in [0.15, 0.2) is 24.6 Å². The fourth-order valence-electron chi connectivity index (χ4n) is 0.370. The summed E-state index contributed by atoms with van der Waals surface area (Å²) >= 11 is 0. The maximum absolute atomic E-state index is 3.60. The first-order valence-electron chi connectivity index (χ1n) is 1.83. The van der Waals surface area contributed by atoms with Gasteiger partial charge in [0.15, 0.2) is 12.4 Å². The summed E-state index contributed by atoms with van der Waals surface area (Å²) < 4.78 is 1.75. The molecule has 0 atom stereocenters. The van der Waals surface area contributed by atoms with Gasteiger partial charge in [-0.1, -0.05) is 0 Å². The Balaban J connectivity index is 2.86. The minimum atomic E-state index is 1.75. The molecule has 0 bridgehead atoms. The summed E-state index contributed by atoms with van der Waals surface area (Å²) in [6.07, 6.45) is 7.65. The van der Waals surface area contributed by atoms with Crippen LogP contribution >= 0.6 is 0 Å². The van der Waals surface area contributed by atoms with E-state index in [4.69, 9.17) is 0 Å². The van der Waals surface area contributed by atoms with Crippen molar-refractivity contribution in [2.75, 3.05) is 0 Å². The predicted molar refractivity (Wildman–Crippen MR) is 25.7 cm³/mol. The molecular weight excluding hydrogens is 74.1 g/mol. The molecule has 0 aliphatic carbocycles. The Morgan fingerprint density at radius 3 is 1.83 bits per heavy atom. The summed E-state index contributed by atoms with van der Waals surface area (Å²) in [7, 11) is 0. The average molecular weight is 80.1 g/mol. The molecule has 1 heterocycles. The molecule has 0 spiro atoms. The van der Waals surface area contributed by atoms with Crippen LogP contribution in [0.2, 0.25) is 0 Å². The van der Waals surface area contributed by atoms with Crippen molar-refractivity contribution in [2.24, 2.45) is 0 Å². The van der Waals surface area contributed by atoms with Gasteiger partial charge in [0, 0.05) is 12.2 Å². The molecule has 0 fully saturated rings. The van der Waals surface area contributed by atoms with Gasteiger partial charge < -0.3 is 0 Å². The molecule has 30 valence electrons. The average Bonchev–Trinajstić information content (AvgIpc) is 1.86. The van der Waals surface area contributed by atoms with E-state index >= 15 is 0 Å². The molecule has 1 aliphatic heterocycles.